The second kappa shape index (κ2) is 18.5. The van der Waals surface area contributed by atoms with E-state index < -0.39 is 93.3 Å². The summed E-state index contributed by atoms with van der Waals surface area (Å²) in [5.74, 6) is -8.14. The SMILES string of the molecule is CC[C@H]1CC(F)(F)C(=NCC(=O)N[C@@H](Cc2cc(F)cc(F)c2)c2nc3nc(N4CCN(C(=O)OC(C)(C)C)[C@@H](C)C4)sc3cc2-c2cccc3c(NS(C)(=O)=O)nn(C)c23)C1=C(N)C(F)(F)F. The Balaban J connectivity index is 1.36. The van der Waals surface area contributed by atoms with Crippen molar-refractivity contribution < 1.29 is 53.5 Å². The normalized spacial score (nSPS) is 19.8. The molecule has 3 aromatic heterocycles. The van der Waals surface area contributed by atoms with E-state index >= 15 is 8.78 Å². The third-order valence-electron chi connectivity index (χ3n) is 11.4. The molecule has 0 unspecified atom stereocenters. The van der Waals surface area contributed by atoms with Crippen LogP contribution in [0.25, 0.3) is 32.4 Å². The number of allylic oxidation sites excluding steroid dienone is 2. The highest BCUT2D eigenvalue weighted by Gasteiger charge is 2.52. The summed E-state index contributed by atoms with van der Waals surface area (Å²) < 4.78 is 137. The molecule has 1 aliphatic heterocycles. The van der Waals surface area contributed by atoms with Gasteiger partial charge in [0.15, 0.2) is 16.6 Å². The van der Waals surface area contributed by atoms with E-state index in [9.17, 15) is 40.0 Å². The molecule has 1 saturated carbocycles. The topological polar surface area (TPSA) is 190 Å². The van der Waals surface area contributed by atoms with Gasteiger partial charge >= 0.3 is 12.3 Å². The fraction of sp³-hybridized carbons (Fsp3) is 0.455. The van der Waals surface area contributed by atoms with Crippen LogP contribution in [-0.4, -0.2) is 107 Å². The van der Waals surface area contributed by atoms with Crippen LogP contribution < -0.4 is 20.7 Å². The van der Waals surface area contributed by atoms with Gasteiger partial charge in [0.05, 0.1) is 28.2 Å². The maximum Gasteiger partial charge on any atom is 0.431 e. The van der Waals surface area contributed by atoms with Crippen LogP contribution in [0.15, 0.2) is 58.7 Å². The molecule has 2 amide bonds. The summed E-state index contributed by atoms with van der Waals surface area (Å²) in [6.45, 7) is 8.53. The van der Waals surface area contributed by atoms with E-state index in [0.29, 0.717) is 57.6 Å². The molecule has 1 saturated heterocycles. The van der Waals surface area contributed by atoms with E-state index in [1.54, 1.807) is 57.0 Å². The molecule has 2 aromatic carbocycles. The molecule has 1 aliphatic carbocycles. The summed E-state index contributed by atoms with van der Waals surface area (Å²) in [6.07, 6.45) is -6.17. The predicted octanol–water partition coefficient (Wildman–Crippen LogP) is 8.02. The van der Waals surface area contributed by atoms with Gasteiger partial charge in [0.1, 0.15) is 35.2 Å². The van der Waals surface area contributed by atoms with E-state index in [1.807, 2.05) is 11.8 Å². The summed E-state index contributed by atoms with van der Waals surface area (Å²) >= 11 is 1.26. The number of carbonyl (C=O) groups excluding carboxylic acids is 2. The van der Waals surface area contributed by atoms with Gasteiger partial charge in [0, 0.05) is 67.3 Å². The third-order valence-corrected chi connectivity index (χ3v) is 13.0. The van der Waals surface area contributed by atoms with Gasteiger partial charge in [-0.25, -0.2) is 27.0 Å². The number of thiazole rings is 1. The molecule has 24 heteroatoms. The van der Waals surface area contributed by atoms with Crippen molar-refractivity contribution in [1.82, 2.24) is 30.0 Å². The van der Waals surface area contributed by atoms with Gasteiger partial charge in [-0.05, 0) is 76.3 Å². The first-order valence-electron chi connectivity index (χ1n) is 21.4. The number of fused-ring (bicyclic) bond motifs is 2. The first kappa shape index (κ1) is 49.9. The lowest BCUT2D eigenvalue weighted by Gasteiger charge is -2.40. The van der Waals surface area contributed by atoms with Crippen LogP contribution in [0.2, 0.25) is 0 Å². The maximum atomic E-state index is 15.4. The number of halogens is 7. The number of hydrogen-bond donors (Lipinski definition) is 3. The lowest BCUT2D eigenvalue weighted by molar-refractivity contribution is -0.120. The molecular weight excluding hydrogens is 946 g/mol. The fourth-order valence-electron chi connectivity index (χ4n) is 8.53. The number of carbonyl (C=O) groups is 2. The van der Waals surface area contributed by atoms with Crippen LogP contribution in [-0.2, 0) is 33.0 Å². The van der Waals surface area contributed by atoms with Crippen LogP contribution in [0.1, 0.15) is 64.8 Å². The monoisotopic (exact) mass is 994 g/mol. The molecular formula is C44H49F7N10O5S2. The third kappa shape index (κ3) is 10.8. The number of amides is 2. The summed E-state index contributed by atoms with van der Waals surface area (Å²) in [7, 11) is -2.25. The first-order valence-corrected chi connectivity index (χ1v) is 24.1. The Hall–Kier alpha value is -6.04. The number of pyridine rings is 1. The second-order valence-corrected chi connectivity index (χ2v) is 20.6. The largest absolute Gasteiger partial charge is 0.444 e. The van der Waals surface area contributed by atoms with Crippen molar-refractivity contribution in [2.24, 2.45) is 23.7 Å². The van der Waals surface area contributed by atoms with Crippen molar-refractivity contribution in [3.63, 3.8) is 0 Å². The van der Waals surface area contributed by atoms with Gasteiger partial charge in [-0.3, -0.25) is 19.2 Å². The highest BCUT2D eigenvalue weighted by molar-refractivity contribution is 7.92. The van der Waals surface area contributed by atoms with Gasteiger partial charge < -0.3 is 25.6 Å². The van der Waals surface area contributed by atoms with E-state index in [1.165, 1.54) is 22.9 Å². The molecule has 5 aromatic rings. The van der Waals surface area contributed by atoms with Gasteiger partial charge in [-0.15, -0.1) is 0 Å². The molecule has 0 spiro atoms. The van der Waals surface area contributed by atoms with Crippen LogP contribution in [0.3, 0.4) is 0 Å². The number of benzene rings is 2. The van der Waals surface area contributed by atoms with Crippen LogP contribution >= 0.6 is 11.3 Å². The van der Waals surface area contributed by atoms with Crippen molar-refractivity contribution in [3.05, 3.63) is 76.6 Å². The van der Waals surface area contributed by atoms with Gasteiger partial charge in [-0.1, -0.05) is 30.4 Å². The highest BCUT2D eigenvalue weighted by Crippen LogP contribution is 2.46. The van der Waals surface area contributed by atoms with Crippen molar-refractivity contribution in [2.45, 2.75) is 83.7 Å². The van der Waals surface area contributed by atoms with Crippen molar-refractivity contribution in [1.29, 1.82) is 0 Å². The number of aryl methyl sites for hydroxylation is 1. The second-order valence-electron chi connectivity index (χ2n) is 17.9. The van der Waals surface area contributed by atoms with E-state index in [-0.39, 0.29) is 41.6 Å². The van der Waals surface area contributed by atoms with Gasteiger partial charge in [0.25, 0.3) is 5.92 Å². The Kier molecular flexibility index (Phi) is 13.5. The molecule has 0 radical (unpaired) electrons. The minimum absolute atomic E-state index is 0.00466. The standard InChI is InChI=1S/C44H49F7N10O5S2/c1-8-24-19-43(47,48)37(33(24)36(52)44(49,50)51)53-20-32(62)54-30(16-23-14-25(45)17-26(46)15-23)34-29(27-10-9-11-28-35(27)59(6)57-38(28)58-68(7,64)65)18-31-39(55-34)56-40(67-31)60-12-13-61(22(2)21-60)41(63)66-42(3,4)5/h9-11,14-15,17-18,22,24,30H,8,12-13,16,19-21,52H2,1-7H3,(H,54,62)(H,57,58)/t22-,24-,30-/m0/s1. The molecule has 2 fully saturated rings. The Bertz CT molecular complexity index is 2950. The fourth-order valence-corrected chi connectivity index (χ4v) is 10.0. The summed E-state index contributed by atoms with van der Waals surface area (Å²) in [6, 6.07) is 7.67. The zero-order valence-electron chi connectivity index (χ0n) is 37.9. The predicted molar refractivity (Wildman–Crippen MR) is 244 cm³/mol. The minimum atomic E-state index is -5.17. The van der Waals surface area contributed by atoms with E-state index in [4.69, 9.17) is 20.4 Å². The molecule has 4 N–H and O–H groups in total. The number of anilines is 2. The Morgan fingerprint density at radius 2 is 1.75 bits per heavy atom. The molecule has 2 aliphatic rings. The average molecular weight is 995 g/mol. The van der Waals surface area contributed by atoms with Gasteiger partial charge in [0.2, 0.25) is 15.9 Å². The number of aromatic nitrogens is 4. The number of rotatable bonds is 11. The number of piperazine rings is 1. The smallest absolute Gasteiger partial charge is 0.431 e. The molecule has 366 valence electrons. The summed E-state index contributed by atoms with van der Waals surface area (Å²) in [5, 5.41) is 7.96. The lowest BCUT2D eigenvalue weighted by Crippen LogP contribution is -2.55. The molecule has 68 heavy (non-hydrogen) atoms. The number of aliphatic imine (C=N–C) groups is 1. The van der Waals surface area contributed by atoms with Gasteiger partial charge in [-0.2, -0.15) is 32.0 Å². The molecule has 3 atom stereocenters. The van der Waals surface area contributed by atoms with E-state index in [2.05, 4.69) is 20.1 Å². The summed E-state index contributed by atoms with van der Waals surface area (Å²) in [5.41, 5.74) is 2.12. The zero-order valence-corrected chi connectivity index (χ0v) is 39.6. The number of sulfonamides is 1. The molecule has 0 bridgehead atoms. The number of alkyl halides is 5. The Morgan fingerprint density at radius 3 is 2.37 bits per heavy atom. The Labute approximate surface area is 390 Å². The number of para-hydroxylation sites is 1. The molecule has 4 heterocycles. The van der Waals surface area contributed by atoms with E-state index in [0.717, 1.165) is 18.4 Å². The van der Waals surface area contributed by atoms with Crippen LogP contribution in [0.4, 0.5) is 46.5 Å². The van der Waals surface area contributed by atoms with Crippen molar-refractivity contribution in [2.75, 3.05) is 42.1 Å². The van der Waals surface area contributed by atoms with Crippen LogP contribution in [0, 0.1) is 17.6 Å². The Morgan fingerprint density at radius 1 is 1.06 bits per heavy atom. The van der Waals surface area contributed by atoms with Crippen molar-refractivity contribution in [3.8, 4) is 11.1 Å². The molecule has 15 nitrogen and oxygen atoms in total. The molecule has 7 rings (SSSR count). The summed E-state index contributed by atoms with van der Waals surface area (Å²) in [4.78, 5) is 44.1. The number of ether oxygens (including phenoxy) is 1. The maximum absolute atomic E-state index is 15.4. The van der Waals surface area contributed by atoms with Crippen molar-refractivity contribution >= 4 is 71.3 Å². The highest BCUT2D eigenvalue weighted by atomic mass is 32.2. The number of hydrogen-bond acceptors (Lipinski definition) is 12. The number of nitrogens with one attached hydrogen (secondary N) is 2. The first-order chi connectivity index (χ1) is 31.6. The minimum Gasteiger partial charge on any atom is -0.444 e. The zero-order chi connectivity index (χ0) is 49.8. The number of nitrogens with zero attached hydrogens (tertiary/aromatic N) is 7. The lowest BCUT2D eigenvalue weighted by atomic mass is 9.94. The number of nitrogens with two attached hydrogens (primary N) is 1. The quantitative estimate of drug-likeness (QED) is 0.109. The van der Waals surface area contributed by atoms with Crippen LogP contribution in [0.5, 0.6) is 0 Å². The average Bonchev–Trinajstić information content (AvgIpc) is 3.86.